The number of benzene rings is 1. The molecule has 2 rings (SSSR count). The van der Waals surface area contributed by atoms with Crippen molar-refractivity contribution < 1.29 is 14.3 Å². The number of aromatic nitrogens is 1. The number of thiazole rings is 1. The molecule has 1 heterocycles. The highest BCUT2D eigenvalue weighted by molar-refractivity contribution is 8.00. The van der Waals surface area contributed by atoms with Crippen molar-refractivity contribution in [2.24, 2.45) is 0 Å². The number of aliphatic carboxylic acids is 1. The van der Waals surface area contributed by atoms with Crippen LogP contribution in [-0.2, 0) is 17.0 Å². The Morgan fingerprint density at radius 2 is 2.11 bits per heavy atom. The van der Waals surface area contributed by atoms with Crippen LogP contribution in [0.4, 0.5) is 4.39 Å². The van der Waals surface area contributed by atoms with Crippen molar-refractivity contribution in [3.05, 3.63) is 46.7 Å². The minimum Gasteiger partial charge on any atom is -0.481 e. The van der Waals surface area contributed by atoms with Crippen LogP contribution >= 0.6 is 23.1 Å². The smallest absolute Gasteiger partial charge is 0.309 e. The summed E-state index contributed by atoms with van der Waals surface area (Å²) >= 11 is 2.95. The van der Waals surface area contributed by atoms with E-state index in [1.165, 1.54) is 35.2 Å². The van der Waals surface area contributed by atoms with E-state index in [1.807, 2.05) is 0 Å². The fourth-order valence-corrected chi connectivity index (χ4v) is 3.12. The largest absolute Gasteiger partial charge is 0.481 e. The van der Waals surface area contributed by atoms with E-state index in [0.717, 1.165) is 9.90 Å². The van der Waals surface area contributed by atoms with Gasteiger partial charge in [0.05, 0.1) is 12.1 Å². The topological polar surface area (TPSA) is 50.2 Å². The maximum Gasteiger partial charge on any atom is 0.309 e. The first kappa shape index (κ1) is 13.0. The lowest BCUT2D eigenvalue weighted by atomic mass is 10.2. The summed E-state index contributed by atoms with van der Waals surface area (Å²) in [5.74, 6) is -0.433. The Morgan fingerprint density at radius 3 is 2.78 bits per heavy atom. The second-order valence-corrected chi connectivity index (χ2v) is 5.67. The van der Waals surface area contributed by atoms with Crippen molar-refractivity contribution in [2.75, 3.05) is 0 Å². The Balaban J connectivity index is 1.92. The molecule has 18 heavy (non-hydrogen) atoms. The molecule has 0 aliphatic rings. The summed E-state index contributed by atoms with van der Waals surface area (Å²) in [6.45, 7) is 0. The molecule has 1 aromatic heterocycles. The number of rotatable bonds is 5. The van der Waals surface area contributed by atoms with Crippen LogP contribution in [0.3, 0.4) is 0 Å². The van der Waals surface area contributed by atoms with E-state index in [-0.39, 0.29) is 12.2 Å². The number of hydrogen-bond acceptors (Lipinski definition) is 4. The van der Waals surface area contributed by atoms with Gasteiger partial charge in [0, 0.05) is 11.1 Å². The molecule has 0 saturated carbocycles. The van der Waals surface area contributed by atoms with Crippen LogP contribution in [0, 0.1) is 5.82 Å². The number of halogens is 1. The molecule has 3 nitrogen and oxygen atoms in total. The van der Waals surface area contributed by atoms with Crippen molar-refractivity contribution in [1.82, 2.24) is 4.98 Å². The summed E-state index contributed by atoms with van der Waals surface area (Å²) in [6, 6.07) is 6.31. The summed E-state index contributed by atoms with van der Waals surface area (Å²) in [5.41, 5.74) is 1.59. The second kappa shape index (κ2) is 5.97. The van der Waals surface area contributed by atoms with Gasteiger partial charge >= 0.3 is 5.97 Å². The zero-order chi connectivity index (χ0) is 13.0. The van der Waals surface area contributed by atoms with E-state index in [0.29, 0.717) is 11.4 Å². The maximum absolute atomic E-state index is 12.7. The van der Waals surface area contributed by atoms with Crippen molar-refractivity contribution in [3.8, 4) is 0 Å². The minimum atomic E-state index is -0.879. The van der Waals surface area contributed by atoms with Gasteiger partial charge in [0.1, 0.15) is 10.2 Å². The van der Waals surface area contributed by atoms with Gasteiger partial charge in [0.2, 0.25) is 0 Å². The van der Waals surface area contributed by atoms with Gasteiger partial charge < -0.3 is 5.11 Å². The van der Waals surface area contributed by atoms with E-state index in [9.17, 15) is 9.18 Å². The zero-order valence-electron chi connectivity index (χ0n) is 9.30. The molecule has 0 saturated heterocycles. The first-order valence-electron chi connectivity index (χ1n) is 5.17. The van der Waals surface area contributed by atoms with Gasteiger partial charge in [-0.05, 0) is 17.7 Å². The van der Waals surface area contributed by atoms with E-state index >= 15 is 0 Å². The Hall–Kier alpha value is -1.40. The maximum atomic E-state index is 12.7. The summed E-state index contributed by atoms with van der Waals surface area (Å²) in [5, 5.41) is 10.4. The predicted octanol–water partition coefficient (Wildman–Crippen LogP) is 3.20. The zero-order valence-corrected chi connectivity index (χ0v) is 10.9. The standard InChI is InChI=1S/C12H10FNO2S2/c13-9-3-1-8(2-4-9)6-17-12-14-10(7-18-12)5-11(15)16/h1-4,7H,5-6H2,(H,15,16). The quantitative estimate of drug-likeness (QED) is 0.856. The SMILES string of the molecule is O=C(O)Cc1csc(SCc2ccc(F)cc2)n1. The number of carbonyl (C=O) groups is 1. The third kappa shape index (κ3) is 3.82. The van der Waals surface area contributed by atoms with E-state index in [1.54, 1.807) is 17.5 Å². The fourth-order valence-electron chi connectivity index (χ4n) is 1.32. The average molecular weight is 283 g/mol. The Morgan fingerprint density at radius 1 is 1.39 bits per heavy atom. The van der Waals surface area contributed by atoms with E-state index in [2.05, 4.69) is 4.98 Å². The Kier molecular flexibility index (Phi) is 4.33. The van der Waals surface area contributed by atoms with Crippen molar-refractivity contribution in [3.63, 3.8) is 0 Å². The molecule has 0 bridgehead atoms. The van der Waals surface area contributed by atoms with Crippen molar-refractivity contribution >= 4 is 29.1 Å². The highest BCUT2D eigenvalue weighted by Gasteiger charge is 2.06. The third-order valence-corrected chi connectivity index (χ3v) is 4.28. The molecule has 0 amide bonds. The van der Waals surface area contributed by atoms with Gasteiger partial charge in [-0.1, -0.05) is 23.9 Å². The molecule has 0 spiro atoms. The van der Waals surface area contributed by atoms with Gasteiger partial charge in [-0.2, -0.15) is 0 Å². The molecule has 0 aliphatic carbocycles. The fraction of sp³-hybridized carbons (Fsp3) is 0.167. The molecular weight excluding hydrogens is 273 g/mol. The van der Waals surface area contributed by atoms with Crippen LogP contribution in [0.15, 0.2) is 34.0 Å². The summed E-state index contributed by atoms with van der Waals surface area (Å²) in [4.78, 5) is 14.7. The lowest BCUT2D eigenvalue weighted by molar-refractivity contribution is -0.136. The van der Waals surface area contributed by atoms with Crippen molar-refractivity contribution in [2.45, 2.75) is 16.5 Å². The molecule has 2 aromatic rings. The van der Waals surface area contributed by atoms with Gasteiger partial charge in [0.25, 0.3) is 0 Å². The molecule has 0 atom stereocenters. The van der Waals surface area contributed by atoms with E-state index in [4.69, 9.17) is 5.11 Å². The first-order chi connectivity index (χ1) is 8.63. The first-order valence-corrected chi connectivity index (χ1v) is 7.03. The summed E-state index contributed by atoms with van der Waals surface area (Å²) in [6.07, 6.45) is -0.0480. The number of nitrogens with zero attached hydrogens (tertiary/aromatic N) is 1. The van der Waals surface area contributed by atoms with Crippen molar-refractivity contribution in [1.29, 1.82) is 0 Å². The van der Waals surface area contributed by atoms with Gasteiger partial charge in [0.15, 0.2) is 0 Å². The normalized spacial score (nSPS) is 10.5. The Labute approximate surface area is 112 Å². The lowest BCUT2D eigenvalue weighted by Crippen LogP contribution is -1.99. The average Bonchev–Trinajstić information content (AvgIpc) is 2.75. The van der Waals surface area contributed by atoms with E-state index < -0.39 is 5.97 Å². The minimum absolute atomic E-state index is 0.0480. The molecule has 6 heteroatoms. The van der Waals surface area contributed by atoms with Crippen LogP contribution in [0.25, 0.3) is 0 Å². The lowest BCUT2D eigenvalue weighted by Gasteiger charge is -1.98. The van der Waals surface area contributed by atoms with Gasteiger partial charge in [-0.25, -0.2) is 9.37 Å². The Bertz CT molecular complexity index is 539. The summed E-state index contributed by atoms with van der Waals surface area (Å²) < 4.78 is 13.5. The molecule has 1 N–H and O–H groups in total. The molecule has 94 valence electrons. The van der Waals surface area contributed by atoms with Gasteiger partial charge in [-0.15, -0.1) is 11.3 Å². The molecule has 0 aliphatic heterocycles. The molecular formula is C12H10FNO2S2. The predicted molar refractivity (Wildman–Crippen MR) is 69.4 cm³/mol. The molecule has 0 radical (unpaired) electrons. The van der Waals surface area contributed by atoms with Crippen LogP contribution in [0.5, 0.6) is 0 Å². The number of hydrogen-bond donors (Lipinski definition) is 1. The molecule has 0 fully saturated rings. The number of thioether (sulfide) groups is 1. The van der Waals surface area contributed by atoms with Crippen LogP contribution in [-0.4, -0.2) is 16.1 Å². The monoisotopic (exact) mass is 283 g/mol. The number of carboxylic acid groups (broad SMARTS) is 1. The summed E-state index contributed by atoms with van der Waals surface area (Å²) in [7, 11) is 0. The van der Waals surface area contributed by atoms with Gasteiger partial charge in [-0.3, -0.25) is 4.79 Å². The molecule has 1 aromatic carbocycles. The molecule has 0 unspecified atom stereocenters. The third-order valence-electron chi connectivity index (χ3n) is 2.14. The van der Waals surface area contributed by atoms with Crippen LogP contribution < -0.4 is 0 Å². The van der Waals surface area contributed by atoms with Crippen LogP contribution in [0.2, 0.25) is 0 Å². The second-order valence-electron chi connectivity index (χ2n) is 3.59. The van der Waals surface area contributed by atoms with Crippen LogP contribution in [0.1, 0.15) is 11.3 Å². The highest BCUT2D eigenvalue weighted by atomic mass is 32.2. The highest BCUT2D eigenvalue weighted by Crippen LogP contribution is 2.26. The number of carboxylic acids is 1.